The fourth-order valence-electron chi connectivity index (χ4n) is 1.48. The fraction of sp³-hybridized carbons (Fsp3) is 0.308. The van der Waals surface area contributed by atoms with Crippen LogP contribution in [-0.2, 0) is 0 Å². The number of benzene rings is 1. The molecule has 0 amide bonds. The largest absolute Gasteiger partial charge is 0.464 e. The van der Waals surface area contributed by atoms with Crippen LogP contribution in [0.15, 0.2) is 22.7 Å². The second-order valence-electron chi connectivity index (χ2n) is 3.94. The summed E-state index contributed by atoms with van der Waals surface area (Å²) in [6.07, 6.45) is 0. The van der Waals surface area contributed by atoms with Gasteiger partial charge in [0.25, 0.3) is 0 Å². The van der Waals surface area contributed by atoms with Gasteiger partial charge >= 0.3 is 12.0 Å². The first-order chi connectivity index (χ1) is 9.62. The van der Waals surface area contributed by atoms with Crippen LogP contribution in [0.25, 0.3) is 0 Å². The van der Waals surface area contributed by atoms with Crippen molar-refractivity contribution in [1.82, 2.24) is 15.0 Å². The van der Waals surface area contributed by atoms with E-state index in [-0.39, 0.29) is 12.0 Å². The molecule has 0 aliphatic heterocycles. The average molecular weight is 339 g/mol. The Morgan fingerprint density at radius 2 is 1.95 bits per heavy atom. The van der Waals surface area contributed by atoms with E-state index in [2.05, 4.69) is 36.2 Å². The zero-order chi connectivity index (χ0) is 14.5. The van der Waals surface area contributed by atoms with Crippen LogP contribution in [-0.4, -0.2) is 28.6 Å². The van der Waals surface area contributed by atoms with E-state index in [0.29, 0.717) is 18.3 Å². The Kier molecular flexibility index (Phi) is 4.73. The Hall–Kier alpha value is -1.89. The maximum absolute atomic E-state index is 5.66. The highest BCUT2D eigenvalue weighted by molar-refractivity contribution is 9.10. The molecule has 0 spiro atoms. The lowest BCUT2D eigenvalue weighted by molar-refractivity contribution is 0.303. The van der Waals surface area contributed by atoms with Crippen LogP contribution in [0.3, 0.4) is 0 Å². The van der Waals surface area contributed by atoms with Gasteiger partial charge in [0.05, 0.1) is 11.1 Å². The van der Waals surface area contributed by atoms with Gasteiger partial charge in [0.15, 0.2) is 0 Å². The molecule has 0 saturated heterocycles. The summed E-state index contributed by atoms with van der Waals surface area (Å²) in [4.78, 5) is 12.3. The molecule has 2 rings (SSSR count). The number of nitrogens with zero attached hydrogens (tertiary/aromatic N) is 3. The minimum Gasteiger partial charge on any atom is -0.464 e. The first-order valence-electron chi connectivity index (χ1n) is 6.13. The van der Waals surface area contributed by atoms with Crippen LogP contribution in [0.2, 0.25) is 0 Å². The third-order valence-electron chi connectivity index (χ3n) is 2.38. The van der Waals surface area contributed by atoms with Gasteiger partial charge in [-0.1, -0.05) is 6.07 Å². The molecule has 0 bridgehead atoms. The Morgan fingerprint density at radius 3 is 2.60 bits per heavy atom. The molecule has 1 heterocycles. The van der Waals surface area contributed by atoms with Gasteiger partial charge < -0.3 is 14.8 Å². The smallest absolute Gasteiger partial charge is 0.330 e. The Balaban J connectivity index is 2.29. The zero-order valence-electron chi connectivity index (χ0n) is 11.5. The van der Waals surface area contributed by atoms with Crippen LogP contribution in [0.5, 0.6) is 17.8 Å². The van der Waals surface area contributed by atoms with E-state index in [4.69, 9.17) is 9.47 Å². The summed E-state index contributed by atoms with van der Waals surface area (Å²) in [5.74, 6) is 1.02. The number of hydrogen-bond donors (Lipinski definition) is 1. The standard InChI is InChI=1S/C13H15BrN4O2/c1-4-19-12-16-11(15-3)17-13(18-12)20-10-6-5-8(2)7-9(10)14/h5-7H,4H2,1-3H3,(H,15,16,17,18). The van der Waals surface area contributed by atoms with E-state index >= 15 is 0 Å². The maximum Gasteiger partial charge on any atom is 0.330 e. The molecule has 0 fully saturated rings. The predicted octanol–water partition coefficient (Wildman–Crippen LogP) is 3.18. The van der Waals surface area contributed by atoms with Gasteiger partial charge in [0, 0.05) is 7.05 Å². The normalized spacial score (nSPS) is 10.2. The minimum absolute atomic E-state index is 0.178. The minimum atomic E-state index is 0.178. The number of hydrogen-bond acceptors (Lipinski definition) is 6. The molecular weight excluding hydrogens is 324 g/mol. The van der Waals surface area contributed by atoms with Crippen molar-refractivity contribution in [2.45, 2.75) is 13.8 Å². The van der Waals surface area contributed by atoms with E-state index in [0.717, 1.165) is 10.0 Å². The molecule has 106 valence electrons. The van der Waals surface area contributed by atoms with Crippen LogP contribution >= 0.6 is 15.9 Å². The van der Waals surface area contributed by atoms with Gasteiger partial charge in [-0.3, -0.25) is 0 Å². The molecule has 1 aromatic carbocycles. The number of anilines is 1. The van der Waals surface area contributed by atoms with E-state index < -0.39 is 0 Å². The number of rotatable bonds is 5. The zero-order valence-corrected chi connectivity index (χ0v) is 13.1. The van der Waals surface area contributed by atoms with E-state index in [9.17, 15) is 0 Å². The van der Waals surface area contributed by atoms with E-state index in [1.165, 1.54) is 0 Å². The first kappa shape index (κ1) is 14.5. The topological polar surface area (TPSA) is 69.2 Å². The fourth-order valence-corrected chi connectivity index (χ4v) is 2.05. The van der Waals surface area contributed by atoms with Crippen LogP contribution < -0.4 is 14.8 Å². The van der Waals surface area contributed by atoms with Crippen molar-refractivity contribution >= 4 is 21.9 Å². The molecule has 0 unspecified atom stereocenters. The summed E-state index contributed by atoms with van der Waals surface area (Å²) in [6, 6.07) is 6.16. The molecule has 2 aromatic rings. The number of nitrogens with one attached hydrogen (secondary N) is 1. The molecule has 1 aromatic heterocycles. The highest BCUT2D eigenvalue weighted by Gasteiger charge is 2.10. The molecule has 6 nitrogen and oxygen atoms in total. The van der Waals surface area contributed by atoms with E-state index in [1.807, 2.05) is 32.0 Å². The van der Waals surface area contributed by atoms with Gasteiger partial charge in [-0.15, -0.1) is 4.98 Å². The first-order valence-corrected chi connectivity index (χ1v) is 6.92. The van der Waals surface area contributed by atoms with Crippen molar-refractivity contribution < 1.29 is 9.47 Å². The summed E-state index contributed by atoms with van der Waals surface area (Å²) in [5.41, 5.74) is 1.13. The lowest BCUT2D eigenvalue weighted by atomic mass is 10.2. The molecule has 7 heteroatoms. The molecular formula is C13H15BrN4O2. The third-order valence-corrected chi connectivity index (χ3v) is 3.00. The molecule has 0 aliphatic rings. The van der Waals surface area contributed by atoms with Crippen molar-refractivity contribution in [2.75, 3.05) is 19.0 Å². The number of aryl methyl sites for hydroxylation is 1. The Morgan fingerprint density at radius 1 is 1.20 bits per heavy atom. The maximum atomic E-state index is 5.66. The molecule has 20 heavy (non-hydrogen) atoms. The Bertz CT molecular complexity index is 607. The van der Waals surface area contributed by atoms with Crippen LogP contribution in [0.1, 0.15) is 12.5 Å². The summed E-state index contributed by atoms with van der Waals surface area (Å²) < 4.78 is 11.8. The lowest BCUT2D eigenvalue weighted by Crippen LogP contribution is -2.05. The van der Waals surface area contributed by atoms with Gasteiger partial charge in [-0.2, -0.15) is 9.97 Å². The molecule has 0 saturated carbocycles. The summed E-state index contributed by atoms with van der Waals surface area (Å²) in [5, 5.41) is 2.84. The molecule has 1 N–H and O–H groups in total. The van der Waals surface area contributed by atoms with Crippen LogP contribution in [0, 0.1) is 6.92 Å². The molecule has 0 atom stereocenters. The van der Waals surface area contributed by atoms with Gasteiger partial charge in [-0.05, 0) is 47.5 Å². The van der Waals surface area contributed by atoms with Crippen molar-refractivity contribution in [2.24, 2.45) is 0 Å². The average Bonchev–Trinajstić information content (AvgIpc) is 2.42. The molecule has 0 radical (unpaired) electrons. The number of ether oxygens (including phenoxy) is 2. The summed E-state index contributed by atoms with van der Waals surface area (Å²) in [6.45, 7) is 4.34. The van der Waals surface area contributed by atoms with Crippen molar-refractivity contribution in [3.8, 4) is 17.8 Å². The summed E-state index contributed by atoms with van der Waals surface area (Å²) in [7, 11) is 1.72. The predicted molar refractivity (Wildman–Crippen MR) is 79.5 cm³/mol. The number of halogens is 1. The highest BCUT2D eigenvalue weighted by atomic mass is 79.9. The van der Waals surface area contributed by atoms with Crippen LogP contribution in [0.4, 0.5) is 5.95 Å². The quantitative estimate of drug-likeness (QED) is 0.902. The van der Waals surface area contributed by atoms with E-state index in [1.54, 1.807) is 7.05 Å². The third kappa shape index (κ3) is 3.57. The van der Waals surface area contributed by atoms with Gasteiger partial charge in [0.1, 0.15) is 5.75 Å². The van der Waals surface area contributed by atoms with Gasteiger partial charge in [0.2, 0.25) is 5.95 Å². The van der Waals surface area contributed by atoms with Gasteiger partial charge in [-0.25, -0.2) is 0 Å². The van der Waals surface area contributed by atoms with Crippen molar-refractivity contribution in [3.63, 3.8) is 0 Å². The highest BCUT2D eigenvalue weighted by Crippen LogP contribution is 2.29. The SMILES string of the molecule is CCOc1nc(NC)nc(Oc2ccc(C)cc2Br)n1. The van der Waals surface area contributed by atoms with Crippen molar-refractivity contribution in [1.29, 1.82) is 0 Å². The lowest BCUT2D eigenvalue weighted by Gasteiger charge is -2.09. The second-order valence-corrected chi connectivity index (χ2v) is 4.80. The number of aromatic nitrogens is 3. The summed E-state index contributed by atoms with van der Waals surface area (Å²) >= 11 is 3.45. The molecule has 0 aliphatic carbocycles. The monoisotopic (exact) mass is 338 g/mol. The second kappa shape index (κ2) is 6.51. The van der Waals surface area contributed by atoms with Crippen molar-refractivity contribution in [3.05, 3.63) is 28.2 Å². The Labute approximate surface area is 125 Å².